The summed E-state index contributed by atoms with van der Waals surface area (Å²) >= 11 is 0. The summed E-state index contributed by atoms with van der Waals surface area (Å²) in [6.07, 6.45) is 33.6. The number of aliphatic carboxylic acids is 1. The van der Waals surface area contributed by atoms with Crippen molar-refractivity contribution in [2.24, 2.45) is 0 Å². The van der Waals surface area contributed by atoms with Crippen molar-refractivity contribution in [2.45, 2.75) is 182 Å². The Morgan fingerprint density at radius 1 is 0.526 bits per heavy atom. The maximum absolute atomic E-state index is 10.3. The number of ether oxygens (including phenoxy) is 1. The highest BCUT2D eigenvalue weighted by atomic mass is 16.5. The largest absolute Gasteiger partial charge is 0.481 e. The van der Waals surface area contributed by atoms with Gasteiger partial charge in [0.15, 0.2) is 0 Å². The van der Waals surface area contributed by atoms with Gasteiger partial charge in [-0.2, -0.15) is 0 Å². The van der Waals surface area contributed by atoms with Crippen LogP contribution in [0.3, 0.4) is 0 Å². The summed E-state index contributed by atoms with van der Waals surface area (Å²) in [6.45, 7) is 11.1. The Morgan fingerprint density at radius 2 is 0.895 bits per heavy atom. The summed E-state index contributed by atoms with van der Waals surface area (Å²) in [5, 5.41) is 16.9. The molecule has 0 radical (unpaired) electrons. The standard InChI is InChI=1S/C18H34O2.2C8H18O/c1-2-3-4-5-6-7-8-9-10-11-12-13-14-15-16-17-18(19)20;1-3-5-7-9-8-6-4-2;1-2-3-4-5-6-7-8-9/h9-10H,2-8,11-17H2,1H3,(H,19,20);3-8H2,1-2H3;9H,2-8H2,1H3. The van der Waals surface area contributed by atoms with Gasteiger partial charge in [0.25, 0.3) is 0 Å². The Balaban J connectivity index is -0.000000563. The molecule has 0 fully saturated rings. The third-order valence-electron chi connectivity index (χ3n) is 6.45. The molecule has 0 saturated heterocycles. The van der Waals surface area contributed by atoms with Crippen LogP contribution in [0.15, 0.2) is 12.2 Å². The molecule has 0 spiro atoms. The fourth-order valence-corrected chi connectivity index (χ4v) is 3.83. The minimum Gasteiger partial charge on any atom is -0.481 e. The molecule has 230 valence electrons. The van der Waals surface area contributed by atoms with Gasteiger partial charge in [-0.1, -0.05) is 136 Å². The highest BCUT2D eigenvalue weighted by Gasteiger charge is 1.96. The van der Waals surface area contributed by atoms with E-state index in [0.29, 0.717) is 13.0 Å². The first-order valence-electron chi connectivity index (χ1n) is 16.7. The number of hydrogen-bond donors (Lipinski definition) is 2. The summed E-state index contributed by atoms with van der Waals surface area (Å²) in [5.74, 6) is -0.664. The molecule has 0 saturated carbocycles. The van der Waals surface area contributed by atoms with Gasteiger partial charge in [0.1, 0.15) is 0 Å². The lowest BCUT2D eigenvalue weighted by Crippen LogP contribution is -1.95. The van der Waals surface area contributed by atoms with E-state index in [9.17, 15) is 4.79 Å². The fourth-order valence-electron chi connectivity index (χ4n) is 3.83. The van der Waals surface area contributed by atoms with E-state index < -0.39 is 5.97 Å². The minimum absolute atomic E-state index is 0.332. The average molecular weight is 543 g/mol. The van der Waals surface area contributed by atoms with E-state index in [0.717, 1.165) is 32.5 Å². The summed E-state index contributed by atoms with van der Waals surface area (Å²) in [4.78, 5) is 10.3. The van der Waals surface area contributed by atoms with Crippen molar-refractivity contribution in [3.05, 3.63) is 12.2 Å². The molecule has 0 bridgehead atoms. The summed E-state index contributed by atoms with van der Waals surface area (Å²) in [6, 6.07) is 0. The van der Waals surface area contributed by atoms with Crippen LogP contribution in [0.1, 0.15) is 182 Å². The van der Waals surface area contributed by atoms with Gasteiger partial charge < -0.3 is 14.9 Å². The van der Waals surface area contributed by atoms with Gasteiger partial charge in [-0.15, -0.1) is 0 Å². The molecular weight excluding hydrogens is 472 g/mol. The molecule has 0 rings (SSSR count). The molecular formula is C34H70O4. The molecule has 0 unspecified atom stereocenters. The first-order valence-corrected chi connectivity index (χ1v) is 16.7. The number of carbonyl (C=O) groups is 1. The van der Waals surface area contributed by atoms with E-state index in [1.807, 2.05) is 0 Å². The summed E-state index contributed by atoms with van der Waals surface area (Å²) in [5.41, 5.74) is 0. The number of aliphatic hydroxyl groups excluding tert-OH is 1. The smallest absolute Gasteiger partial charge is 0.303 e. The monoisotopic (exact) mass is 543 g/mol. The number of allylic oxidation sites excluding steroid dienone is 2. The molecule has 4 heteroatoms. The molecule has 0 atom stereocenters. The van der Waals surface area contributed by atoms with E-state index in [4.69, 9.17) is 14.9 Å². The second-order valence-corrected chi connectivity index (χ2v) is 10.5. The maximum atomic E-state index is 10.3. The molecule has 0 aliphatic heterocycles. The molecule has 38 heavy (non-hydrogen) atoms. The van der Waals surface area contributed by atoms with Crippen molar-refractivity contribution in [2.75, 3.05) is 19.8 Å². The predicted octanol–water partition coefficient (Wildman–Crippen LogP) is 11.1. The van der Waals surface area contributed by atoms with Gasteiger partial charge >= 0.3 is 5.97 Å². The van der Waals surface area contributed by atoms with Crippen LogP contribution in [0.5, 0.6) is 0 Å². The quantitative estimate of drug-likeness (QED) is 0.0800. The predicted molar refractivity (Wildman–Crippen MR) is 168 cm³/mol. The minimum atomic E-state index is -0.664. The number of aliphatic hydroxyl groups is 1. The molecule has 0 amide bonds. The van der Waals surface area contributed by atoms with Crippen LogP contribution in [-0.4, -0.2) is 36.0 Å². The Hall–Kier alpha value is -0.870. The van der Waals surface area contributed by atoms with E-state index in [-0.39, 0.29) is 0 Å². The fraction of sp³-hybridized carbons (Fsp3) is 0.912. The first kappa shape index (κ1) is 41.6. The third kappa shape index (κ3) is 51.7. The lowest BCUT2D eigenvalue weighted by atomic mass is 10.1. The van der Waals surface area contributed by atoms with Crippen LogP contribution in [0.4, 0.5) is 0 Å². The van der Waals surface area contributed by atoms with Gasteiger partial charge in [-0.3, -0.25) is 4.79 Å². The zero-order valence-electron chi connectivity index (χ0n) is 26.5. The van der Waals surface area contributed by atoms with Crippen LogP contribution in [-0.2, 0) is 9.53 Å². The lowest BCUT2D eigenvalue weighted by molar-refractivity contribution is -0.137. The number of hydrogen-bond acceptors (Lipinski definition) is 3. The molecule has 0 aliphatic rings. The Bertz CT molecular complexity index is 397. The van der Waals surface area contributed by atoms with Gasteiger partial charge in [0, 0.05) is 26.2 Å². The average Bonchev–Trinajstić information content (AvgIpc) is 2.91. The normalized spacial score (nSPS) is 10.7. The van der Waals surface area contributed by atoms with Crippen molar-refractivity contribution in [1.29, 1.82) is 0 Å². The number of carboxylic acids is 1. The van der Waals surface area contributed by atoms with E-state index in [1.54, 1.807) is 0 Å². The molecule has 0 heterocycles. The third-order valence-corrected chi connectivity index (χ3v) is 6.45. The SMILES string of the molecule is CCCCCCCCC=CCCCCCCCC(=O)O.CCCCCCCCO.CCCCOCCCC. The van der Waals surface area contributed by atoms with Crippen molar-refractivity contribution >= 4 is 5.97 Å². The van der Waals surface area contributed by atoms with E-state index in [1.165, 1.54) is 128 Å². The number of carboxylic acid groups (broad SMARTS) is 1. The second-order valence-electron chi connectivity index (χ2n) is 10.5. The van der Waals surface area contributed by atoms with Gasteiger partial charge in [0.05, 0.1) is 0 Å². The zero-order chi connectivity index (χ0) is 28.8. The van der Waals surface area contributed by atoms with Crippen LogP contribution in [0.2, 0.25) is 0 Å². The first-order chi connectivity index (χ1) is 18.6. The van der Waals surface area contributed by atoms with Crippen LogP contribution >= 0.6 is 0 Å². The highest BCUT2D eigenvalue weighted by Crippen LogP contribution is 2.10. The number of rotatable bonds is 27. The molecule has 2 N–H and O–H groups in total. The molecule has 0 aromatic carbocycles. The van der Waals surface area contributed by atoms with E-state index >= 15 is 0 Å². The van der Waals surface area contributed by atoms with E-state index in [2.05, 4.69) is 39.8 Å². The lowest BCUT2D eigenvalue weighted by Gasteiger charge is -1.99. The molecule has 0 aromatic heterocycles. The van der Waals surface area contributed by atoms with Crippen molar-refractivity contribution in [3.63, 3.8) is 0 Å². The Morgan fingerprint density at radius 3 is 1.29 bits per heavy atom. The van der Waals surface area contributed by atoms with Crippen molar-refractivity contribution in [3.8, 4) is 0 Å². The zero-order valence-corrected chi connectivity index (χ0v) is 26.5. The summed E-state index contributed by atoms with van der Waals surface area (Å²) < 4.78 is 5.31. The molecule has 0 aliphatic carbocycles. The van der Waals surface area contributed by atoms with Crippen molar-refractivity contribution < 1.29 is 19.7 Å². The highest BCUT2D eigenvalue weighted by molar-refractivity contribution is 5.66. The second kappa shape index (κ2) is 43.2. The molecule has 4 nitrogen and oxygen atoms in total. The summed E-state index contributed by atoms with van der Waals surface area (Å²) in [7, 11) is 0. The van der Waals surface area contributed by atoms with Crippen molar-refractivity contribution in [1.82, 2.24) is 0 Å². The van der Waals surface area contributed by atoms with Gasteiger partial charge in [0.2, 0.25) is 0 Å². The Labute approximate surface area is 239 Å². The topological polar surface area (TPSA) is 66.8 Å². The Kier molecular flexibility index (Phi) is 47.3. The van der Waals surface area contributed by atoms with Crippen LogP contribution in [0.25, 0.3) is 0 Å². The van der Waals surface area contributed by atoms with Gasteiger partial charge in [-0.25, -0.2) is 0 Å². The maximum Gasteiger partial charge on any atom is 0.303 e. The van der Waals surface area contributed by atoms with Gasteiger partial charge in [-0.05, 0) is 51.4 Å². The van der Waals surface area contributed by atoms with Crippen LogP contribution < -0.4 is 0 Å². The number of unbranched alkanes of at least 4 members (excludes halogenated alkanes) is 18. The van der Waals surface area contributed by atoms with Crippen LogP contribution in [0, 0.1) is 0 Å². The molecule has 0 aromatic rings.